The van der Waals surface area contributed by atoms with Crippen LogP contribution >= 0.6 is 0 Å². The quantitative estimate of drug-likeness (QED) is 0.689. The molecule has 2 aromatic heterocycles. The fraction of sp³-hybridized carbons (Fsp3) is 0.200. The molecule has 0 spiro atoms. The van der Waals surface area contributed by atoms with Gasteiger partial charge >= 0.3 is 0 Å². The van der Waals surface area contributed by atoms with Crippen LogP contribution in [-0.4, -0.2) is 30.2 Å². The van der Waals surface area contributed by atoms with Crippen molar-refractivity contribution in [2.75, 3.05) is 0 Å². The van der Waals surface area contributed by atoms with Gasteiger partial charge < -0.3 is 10.2 Å². The average Bonchev–Trinajstić information content (AvgIpc) is 2.94. The van der Waals surface area contributed by atoms with Crippen LogP contribution in [0.2, 0.25) is 0 Å². The molecule has 6 nitrogen and oxygen atoms in total. The minimum Gasteiger partial charge on any atom is -0.508 e. The maximum absolute atomic E-state index is 10.4. The van der Waals surface area contributed by atoms with E-state index in [0.717, 1.165) is 22.6 Å². The number of phenols is 1. The second kappa shape index (κ2) is 4.97. The van der Waals surface area contributed by atoms with E-state index in [4.69, 9.17) is 0 Å². The lowest BCUT2D eigenvalue weighted by Gasteiger charge is -2.04. The molecule has 3 aromatic rings. The highest BCUT2D eigenvalue weighted by Gasteiger charge is 2.18. The van der Waals surface area contributed by atoms with Gasteiger partial charge in [0.05, 0.1) is 29.2 Å². The zero-order valence-electron chi connectivity index (χ0n) is 11.8. The van der Waals surface area contributed by atoms with Crippen molar-refractivity contribution >= 4 is 0 Å². The van der Waals surface area contributed by atoms with Crippen molar-refractivity contribution in [3.8, 4) is 22.9 Å². The summed E-state index contributed by atoms with van der Waals surface area (Å²) in [7, 11) is 0. The zero-order valence-corrected chi connectivity index (χ0v) is 11.8. The Kier molecular flexibility index (Phi) is 3.13. The van der Waals surface area contributed by atoms with Crippen molar-refractivity contribution < 1.29 is 10.2 Å². The molecule has 3 N–H and O–H groups in total. The minimum atomic E-state index is 0.0829. The second-order valence-corrected chi connectivity index (χ2v) is 5.03. The Morgan fingerprint density at radius 2 is 2.00 bits per heavy atom. The molecule has 2 heterocycles. The van der Waals surface area contributed by atoms with Gasteiger partial charge in [0.2, 0.25) is 5.88 Å². The van der Waals surface area contributed by atoms with Crippen LogP contribution in [0.25, 0.3) is 11.3 Å². The monoisotopic (exact) mass is 284 g/mol. The van der Waals surface area contributed by atoms with Gasteiger partial charge in [0.1, 0.15) is 5.75 Å². The summed E-state index contributed by atoms with van der Waals surface area (Å²) in [6.45, 7) is 4.10. The van der Waals surface area contributed by atoms with Gasteiger partial charge in [-0.3, -0.25) is 5.10 Å². The maximum atomic E-state index is 10.4. The van der Waals surface area contributed by atoms with E-state index in [2.05, 4.69) is 15.3 Å². The fourth-order valence-electron chi connectivity index (χ4n) is 2.37. The Morgan fingerprint density at radius 3 is 2.67 bits per heavy atom. The van der Waals surface area contributed by atoms with E-state index >= 15 is 0 Å². The van der Waals surface area contributed by atoms with Gasteiger partial charge in [0.25, 0.3) is 0 Å². The molecule has 0 radical (unpaired) electrons. The molecule has 0 atom stereocenters. The molecule has 0 unspecified atom stereocenters. The lowest BCUT2D eigenvalue weighted by atomic mass is 10.2. The summed E-state index contributed by atoms with van der Waals surface area (Å²) in [5.41, 5.74) is 3.82. The maximum Gasteiger partial charge on any atom is 0.219 e. The highest BCUT2D eigenvalue weighted by atomic mass is 16.3. The summed E-state index contributed by atoms with van der Waals surface area (Å²) >= 11 is 0. The van der Waals surface area contributed by atoms with E-state index in [-0.39, 0.29) is 11.6 Å². The molecular formula is C15H16N4O2. The first-order chi connectivity index (χ1) is 10.0. The first kappa shape index (κ1) is 13.2. The summed E-state index contributed by atoms with van der Waals surface area (Å²) in [6, 6.07) is 8.75. The number of rotatable bonds is 3. The summed E-state index contributed by atoms with van der Waals surface area (Å²) in [5, 5.41) is 31.2. The predicted molar refractivity (Wildman–Crippen MR) is 78.2 cm³/mol. The number of benzene rings is 1. The van der Waals surface area contributed by atoms with E-state index in [1.165, 1.54) is 4.68 Å². The van der Waals surface area contributed by atoms with E-state index in [0.29, 0.717) is 12.1 Å². The molecule has 3 rings (SSSR count). The number of hydrogen-bond donors (Lipinski definition) is 3. The number of nitrogens with zero attached hydrogens (tertiary/aromatic N) is 3. The van der Waals surface area contributed by atoms with Gasteiger partial charge in [-0.1, -0.05) is 12.1 Å². The minimum absolute atomic E-state index is 0.0829. The predicted octanol–water partition coefficient (Wildman–Crippen LogP) is 2.35. The second-order valence-electron chi connectivity index (χ2n) is 5.03. The van der Waals surface area contributed by atoms with Crippen molar-refractivity contribution in [3.05, 3.63) is 47.3 Å². The number of aromatic hydroxyl groups is 2. The Morgan fingerprint density at radius 1 is 1.19 bits per heavy atom. The summed E-state index contributed by atoms with van der Waals surface area (Å²) in [5.74, 6) is 0.278. The smallest absolute Gasteiger partial charge is 0.219 e. The lowest BCUT2D eigenvalue weighted by Crippen LogP contribution is -2.01. The molecule has 0 amide bonds. The Balaban J connectivity index is 1.98. The summed E-state index contributed by atoms with van der Waals surface area (Å²) in [6.07, 6.45) is 0. The highest BCUT2D eigenvalue weighted by molar-refractivity contribution is 5.67. The molecule has 0 aliphatic heterocycles. The average molecular weight is 284 g/mol. The number of H-pyrrole nitrogens is 1. The van der Waals surface area contributed by atoms with Crippen molar-refractivity contribution in [1.82, 2.24) is 20.0 Å². The van der Waals surface area contributed by atoms with Crippen LogP contribution in [0.1, 0.15) is 17.0 Å². The molecule has 0 saturated heterocycles. The molecule has 6 heteroatoms. The third kappa shape index (κ3) is 2.47. The Hall–Kier alpha value is -2.76. The largest absolute Gasteiger partial charge is 0.508 e. The molecule has 0 aliphatic rings. The van der Waals surface area contributed by atoms with Crippen molar-refractivity contribution in [2.45, 2.75) is 20.4 Å². The molecule has 0 bridgehead atoms. The normalized spacial score (nSPS) is 11.0. The Labute approximate surface area is 121 Å². The first-order valence-electron chi connectivity index (χ1n) is 6.61. The van der Waals surface area contributed by atoms with Crippen LogP contribution < -0.4 is 0 Å². The number of hydrogen-bond acceptors (Lipinski definition) is 4. The van der Waals surface area contributed by atoms with Crippen LogP contribution in [0, 0.1) is 13.8 Å². The number of nitrogens with one attached hydrogen (secondary N) is 1. The van der Waals surface area contributed by atoms with Crippen LogP contribution in [0.4, 0.5) is 0 Å². The Bertz CT molecular complexity index is 789. The molecule has 108 valence electrons. The van der Waals surface area contributed by atoms with Gasteiger partial charge in [-0.25, -0.2) is 4.68 Å². The van der Waals surface area contributed by atoms with Gasteiger partial charge in [-0.15, -0.1) is 0 Å². The standard InChI is InChI=1S/C15H16N4O2/c1-9-6-13(17-16-9)14-10(2)18-19(15(14)21)8-11-4-3-5-12(20)7-11/h3-7,20-21H,8H2,1-2H3,(H,16,17). The van der Waals surface area contributed by atoms with Gasteiger partial charge in [0, 0.05) is 0 Å². The molecule has 1 aromatic carbocycles. The van der Waals surface area contributed by atoms with Gasteiger partial charge in [0.15, 0.2) is 0 Å². The third-order valence-electron chi connectivity index (χ3n) is 3.32. The molecular weight excluding hydrogens is 268 g/mol. The number of aryl methyl sites for hydroxylation is 2. The molecule has 0 aliphatic carbocycles. The SMILES string of the molecule is Cc1cc(-c2c(C)nn(Cc3cccc(O)c3)c2O)[nH]n1. The fourth-order valence-corrected chi connectivity index (χ4v) is 2.37. The van der Waals surface area contributed by atoms with Crippen LogP contribution in [-0.2, 0) is 6.54 Å². The van der Waals surface area contributed by atoms with Crippen molar-refractivity contribution in [2.24, 2.45) is 0 Å². The van der Waals surface area contributed by atoms with E-state index < -0.39 is 0 Å². The van der Waals surface area contributed by atoms with Gasteiger partial charge in [-0.05, 0) is 37.6 Å². The van der Waals surface area contributed by atoms with E-state index in [9.17, 15) is 10.2 Å². The summed E-state index contributed by atoms with van der Waals surface area (Å²) < 4.78 is 1.51. The van der Waals surface area contributed by atoms with Crippen molar-refractivity contribution in [3.63, 3.8) is 0 Å². The van der Waals surface area contributed by atoms with E-state index in [1.807, 2.05) is 26.0 Å². The van der Waals surface area contributed by atoms with Crippen LogP contribution in [0.5, 0.6) is 11.6 Å². The number of aromatic amines is 1. The highest BCUT2D eigenvalue weighted by Crippen LogP contribution is 2.31. The molecule has 0 fully saturated rings. The van der Waals surface area contributed by atoms with Crippen molar-refractivity contribution in [1.29, 1.82) is 0 Å². The number of phenolic OH excluding ortho intramolecular Hbond substituents is 1. The first-order valence-corrected chi connectivity index (χ1v) is 6.61. The molecule has 0 saturated carbocycles. The summed E-state index contributed by atoms with van der Waals surface area (Å²) in [4.78, 5) is 0. The third-order valence-corrected chi connectivity index (χ3v) is 3.32. The molecule has 21 heavy (non-hydrogen) atoms. The zero-order chi connectivity index (χ0) is 15.0. The van der Waals surface area contributed by atoms with Crippen LogP contribution in [0.3, 0.4) is 0 Å². The number of aromatic nitrogens is 4. The van der Waals surface area contributed by atoms with Gasteiger partial charge in [-0.2, -0.15) is 10.2 Å². The lowest BCUT2D eigenvalue weighted by molar-refractivity contribution is 0.410. The topological polar surface area (TPSA) is 87.0 Å². The van der Waals surface area contributed by atoms with Crippen LogP contribution in [0.15, 0.2) is 30.3 Å². The van der Waals surface area contributed by atoms with E-state index in [1.54, 1.807) is 18.2 Å².